The highest BCUT2D eigenvalue weighted by Crippen LogP contribution is 2.40. The van der Waals surface area contributed by atoms with Crippen molar-refractivity contribution in [3.63, 3.8) is 0 Å². The van der Waals surface area contributed by atoms with Gasteiger partial charge in [-0.2, -0.15) is 0 Å². The molecule has 1 aromatic rings. The van der Waals surface area contributed by atoms with Gasteiger partial charge in [-0.25, -0.2) is 4.79 Å². The van der Waals surface area contributed by atoms with E-state index in [0.29, 0.717) is 12.0 Å². The molecule has 1 saturated carbocycles. The lowest BCUT2D eigenvalue weighted by molar-refractivity contribution is 0.200. The Bertz CT molecular complexity index is 598. The van der Waals surface area contributed by atoms with Crippen molar-refractivity contribution < 1.29 is 14.3 Å². The number of urea groups is 1. The molecule has 124 valence electrons. The molecule has 5 heteroatoms. The van der Waals surface area contributed by atoms with Crippen LogP contribution < -0.4 is 14.8 Å². The summed E-state index contributed by atoms with van der Waals surface area (Å²) < 4.78 is 11.7. The second kappa shape index (κ2) is 5.95. The maximum Gasteiger partial charge on any atom is 0.317 e. The Kier molecular flexibility index (Phi) is 3.79. The first-order chi connectivity index (χ1) is 11.3. The van der Waals surface area contributed by atoms with Gasteiger partial charge < -0.3 is 19.7 Å². The van der Waals surface area contributed by atoms with Crippen LogP contribution in [0.15, 0.2) is 18.2 Å². The molecule has 23 heavy (non-hydrogen) atoms. The maximum absolute atomic E-state index is 11.8. The van der Waals surface area contributed by atoms with Crippen molar-refractivity contribution in [1.29, 1.82) is 0 Å². The van der Waals surface area contributed by atoms with Crippen molar-refractivity contribution in [3.05, 3.63) is 23.8 Å². The quantitative estimate of drug-likeness (QED) is 0.929. The van der Waals surface area contributed by atoms with Crippen molar-refractivity contribution >= 4 is 6.03 Å². The molecule has 2 aliphatic heterocycles. The van der Waals surface area contributed by atoms with Crippen molar-refractivity contribution in [2.24, 2.45) is 0 Å². The third-order valence-corrected chi connectivity index (χ3v) is 5.48. The largest absolute Gasteiger partial charge is 0.493 e. The number of fused-ring (bicyclic) bond motifs is 1. The molecule has 0 bridgehead atoms. The van der Waals surface area contributed by atoms with Crippen LogP contribution in [0.3, 0.4) is 0 Å². The van der Waals surface area contributed by atoms with Crippen LogP contribution in [0.4, 0.5) is 4.79 Å². The number of hydrogen-bond acceptors (Lipinski definition) is 3. The van der Waals surface area contributed by atoms with Crippen LogP contribution >= 0.6 is 0 Å². The second-order valence-corrected chi connectivity index (χ2v) is 6.78. The number of ether oxygens (including phenoxy) is 2. The molecule has 5 nitrogen and oxygen atoms in total. The highest BCUT2D eigenvalue weighted by Gasteiger charge is 2.42. The van der Waals surface area contributed by atoms with Gasteiger partial charge in [0, 0.05) is 19.0 Å². The highest BCUT2D eigenvalue weighted by atomic mass is 16.5. The minimum Gasteiger partial charge on any atom is -0.493 e. The van der Waals surface area contributed by atoms with E-state index < -0.39 is 0 Å². The first-order valence-electron chi connectivity index (χ1n) is 8.65. The molecule has 1 N–H and O–H groups in total. The van der Waals surface area contributed by atoms with Crippen LogP contribution in [0.25, 0.3) is 0 Å². The number of amides is 2. The zero-order valence-electron chi connectivity index (χ0n) is 13.6. The molecule has 2 saturated heterocycles. The average Bonchev–Trinajstić information content (AvgIpc) is 3.27. The van der Waals surface area contributed by atoms with Crippen LogP contribution in [0.5, 0.6) is 11.5 Å². The molecule has 0 spiro atoms. The van der Waals surface area contributed by atoms with Crippen molar-refractivity contribution in [1.82, 2.24) is 10.2 Å². The number of rotatable bonds is 4. The average molecular weight is 316 g/mol. The number of nitrogens with zero attached hydrogens (tertiary/aromatic N) is 1. The Hall–Kier alpha value is -1.91. The maximum atomic E-state index is 11.8. The van der Waals surface area contributed by atoms with Gasteiger partial charge in [-0.15, -0.1) is 0 Å². The van der Waals surface area contributed by atoms with Crippen LogP contribution in [0.1, 0.15) is 43.6 Å². The Morgan fingerprint density at radius 3 is 2.78 bits per heavy atom. The topological polar surface area (TPSA) is 50.8 Å². The summed E-state index contributed by atoms with van der Waals surface area (Å²) in [6, 6.07) is 6.61. The number of carbonyl (C=O) groups excluding carboxylic acids is 1. The Morgan fingerprint density at radius 1 is 1.17 bits per heavy atom. The van der Waals surface area contributed by atoms with Gasteiger partial charge in [0.2, 0.25) is 0 Å². The van der Waals surface area contributed by atoms with E-state index in [4.69, 9.17) is 9.47 Å². The summed E-state index contributed by atoms with van der Waals surface area (Å²) in [4.78, 5) is 13.8. The zero-order valence-corrected chi connectivity index (χ0v) is 13.6. The standard InChI is InChI=1S/C18H24N2O3/c1-22-16-7-6-12(10-17(16)23-13-4-2-3-5-13)14-8-9-20-15(14)11-19-18(20)21/h6-7,10,13-15H,2-5,8-9,11H2,1H3,(H,19,21)/t14-,15-/m1/s1. The lowest BCUT2D eigenvalue weighted by Gasteiger charge is -2.21. The summed E-state index contributed by atoms with van der Waals surface area (Å²) in [5.74, 6) is 2.04. The minimum atomic E-state index is 0.0773. The summed E-state index contributed by atoms with van der Waals surface area (Å²) in [6.07, 6.45) is 6.10. The van der Waals surface area contributed by atoms with Crippen LogP contribution in [0.2, 0.25) is 0 Å². The van der Waals surface area contributed by atoms with E-state index in [1.54, 1.807) is 7.11 Å². The summed E-state index contributed by atoms with van der Waals surface area (Å²) in [6.45, 7) is 1.58. The van der Waals surface area contributed by atoms with Gasteiger partial charge in [-0.05, 0) is 49.8 Å². The van der Waals surface area contributed by atoms with Crippen LogP contribution in [0, 0.1) is 0 Å². The summed E-state index contributed by atoms with van der Waals surface area (Å²) in [7, 11) is 1.69. The van der Waals surface area contributed by atoms with E-state index in [0.717, 1.165) is 43.9 Å². The normalized spacial score (nSPS) is 27.2. The van der Waals surface area contributed by atoms with E-state index in [2.05, 4.69) is 17.4 Å². The predicted molar refractivity (Wildman–Crippen MR) is 87.1 cm³/mol. The van der Waals surface area contributed by atoms with Crippen LogP contribution in [-0.2, 0) is 0 Å². The monoisotopic (exact) mass is 316 g/mol. The first-order valence-corrected chi connectivity index (χ1v) is 8.65. The third kappa shape index (κ3) is 2.62. The summed E-state index contributed by atoms with van der Waals surface area (Å²) in [5.41, 5.74) is 1.25. The van der Waals surface area contributed by atoms with Gasteiger partial charge >= 0.3 is 6.03 Å². The van der Waals surface area contributed by atoms with Gasteiger partial charge in [0.25, 0.3) is 0 Å². The number of nitrogens with one attached hydrogen (secondary N) is 1. The number of benzene rings is 1. The van der Waals surface area contributed by atoms with Gasteiger partial charge in [-0.1, -0.05) is 6.07 Å². The van der Waals surface area contributed by atoms with Gasteiger partial charge in [0.1, 0.15) is 0 Å². The number of hydrogen-bond donors (Lipinski definition) is 1. The fourth-order valence-electron chi connectivity index (χ4n) is 4.24. The van der Waals surface area contributed by atoms with E-state index in [9.17, 15) is 4.79 Å². The van der Waals surface area contributed by atoms with Crippen LogP contribution in [-0.4, -0.2) is 43.3 Å². The number of carbonyl (C=O) groups is 1. The molecule has 1 aromatic carbocycles. The molecule has 1 aliphatic carbocycles. The van der Waals surface area contributed by atoms with Gasteiger partial charge in [0.15, 0.2) is 11.5 Å². The Morgan fingerprint density at radius 2 is 2.00 bits per heavy atom. The number of methoxy groups -OCH3 is 1. The minimum absolute atomic E-state index is 0.0773. The zero-order chi connectivity index (χ0) is 15.8. The van der Waals surface area contributed by atoms with E-state index in [1.165, 1.54) is 18.4 Å². The Balaban J connectivity index is 1.58. The smallest absolute Gasteiger partial charge is 0.317 e. The van der Waals surface area contributed by atoms with Crippen molar-refractivity contribution in [3.8, 4) is 11.5 Å². The van der Waals surface area contributed by atoms with Crippen molar-refractivity contribution in [2.75, 3.05) is 20.2 Å². The van der Waals surface area contributed by atoms with E-state index >= 15 is 0 Å². The fourth-order valence-corrected chi connectivity index (χ4v) is 4.24. The molecule has 2 atom stereocenters. The second-order valence-electron chi connectivity index (χ2n) is 6.78. The lowest BCUT2D eigenvalue weighted by atomic mass is 9.91. The molecular weight excluding hydrogens is 292 g/mol. The molecular formula is C18H24N2O3. The molecule has 2 amide bonds. The van der Waals surface area contributed by atoms with Crippen molar-refractivity contribution in [2.45, 2.75) is 50.2 Å². The third-order valence-electron chi connectivity index (χ3n) is 5.48. The molecule has 0 radical (unpaired) electrons. The fraction of sp³-hybridized carbons (Fsp3) is 0.611. The first kappa shape index (κ1) is 14.7. The lowest BCUT2D eigenvalue weighted by Crippen LogP contribution is -2.30. The van der Waals surface area contributed by atoms with E-state index in [-0.39, 0.29) is 12.1 Å². The van der Waals surface area contributed by atoms with E-state index in [1.807, 2.05) is 11.0 Å². The molecule has 0 unspecified atom stereocenters. The highest BCUT2D eigenvalue weighted by molar-refractivity contribution is 5.77. The summed E-state index contributed by atoms with van der Waals surface area (Å²) in [5, 5.41) is 2.95. The van der Waals surface area contributed by atoms with Gasteiger partial charge in [-0.3, -0.25) is 0 Å². The SMILES string of the molecule is COc1ccc([C@H]2CCN3C(=O)NC[C@H]23)cc1OC1CCCC1. The predicted octanol–water partition coefficient (Wildman–Crippen LogP) is 2.90. The molecule has 4 rings (SSSR count). The molecule has 0 aromatic heterocycles. The molecule has 3 aliphatic rings. The Labute approximate surface area is 136 Å². The van der Waals surface area contributed by atoms with Gasteiger partial charge in [0.05, 0.1) is 19.3 Å². The molecule has 3 fully saturated rings. The summed E-state index contributed by atoms with van der Waals surface area (Å²) >= 11 is 0. The molecule has 2 heterocycles.